The van der Waals surface area contributed by atoms with Crippen LogP contribution >= 0.6 is 0 Å². The van der Waals surface area contributed by atoms with Gasteiger partial charge < -0.3 is 14.2 Å². The normalized spacial score (nSPS) is 13.5. The predicted octanol–water partition coefficient (Wildman–Crippen LogP) is 10.5. The monoisotopic (exact) mass is 608 g/mol. The van der Waals surface area contributed by atoms with Gasteiger partial charge in [0.15, 0.2) is 0 Å². The molecule has 0 atom stereocenters. The van der Waals surface area contributed by atoms with E-state index in [1.165, 1.54) is 45.0 Å². The molecular formula is C42H32N4O. The zero-order chi connectivity index (χ0) is 31.2. The molecule has 0 saturated carbocycles. The van der Waals surface area contributed by atoms with Gasteiger partial charge in [-0.1, -0.05) is 97.1 Å². The van der Waals surface area contributed by atoms with Crippen LogP contribution in [0.25, 0.3) is 22.9 Å². The molecule has 1 aromatic heterocycles. The number of fused-ring (bicyclic) bond motifs is 4. The van der Waals surface area contributed by atoms with Crippen LogP contribution in [-0.4, -0.2) is 10.2 Å². The number of rotatable bonds is 4. The maximum absolute atomic E-state index is 6.66. The summed E-state index contributed by atoms with van der Waals surface area (Å²) in [7, 11) is 0. The highest BCUT2D eigenvalue weighted by atomic mass is 16.4. The first-order valence-corrected chi connectivity index (χ1v) is 16.3. The molecule has 47 heavy (non-hydrogen) atoms. The minimum absolute atomic E-state index is 0.487. The average molecular weight is 609 g/mol. The van der Waals surface area contributed by atoms with Crippen LogP contribution in [0.15, 0.2) is 150 Å². The molecule has 2 aliphatic heterocycles. The molecule has 2 aliphatic rings. The van der Waals surface area contributed by atoms with E-state index in [1.807, 2.05) is 12.1 Å². The molecule has 0 amide bonds. The van der Waals surface area contributed by atoms with Gasteiger partial charge in [-0.3, -0.25) is 0 Å². The first-order chi connectivity index (χ1) is 23.3. The summed E-state index contributed by atoms with van der Waals surface area (Å²) in [6.07, 6.45) is 3.93. The summed E-state index contributed by atoms with van der Waals surface area (Å²) >= 11 is 0. The second-order valence-corrected chi connectivity index (χ2v) is 12.1. The third-order valence-electron chi connectivity index (χ3n) is 9.43. The maximum atomic E-state index is 6.66. The van der Waals surface area contributed by atoms with Gasteiger partial charge in [0.25, 0.3) is 0 Å². The van der Waals surface area contributed by atoms with E-state index in [0.717, 1.165) is 48.2 Å². The number of anilines is 6. The van der Waals surface area contributed by atoms with Gasteiger partial charge in [-0.05, 0) is 96.5 Å². The van der Waals surface area contributed by atoms with Crippen molar-refractivity contribution in [2.45, 2.75) is 25.7 Å². The summed E-state index contributed by atoms with van der Waals surface area (Å²) < 4.78 is 6.66. The summed E-state index contributed by atoms with van der Waals surface area (Å²) in [6.45, 7) is 0. The van der Waals surface area contributed by atoms with E-state index in [9.17, 15) is 0 Å². The highest BCUT2D eigenvalue weighted by Crippen LogP contribution is 2.47. The van der Waals surface area contributed by atoms with Crippen LogP contribution in [0.5, 0.6) is 0 Å². The maximum Gasteiger partial charge on any atom is 0.250 e. The summed E-state index contributed by atoms with van der Waals surface area (Å²) in [5.74, 6) is 0.975. The van der Waals surface area contributed by atoms with Crippen molar-refractivity contribution in [1.29, 1.82) is 0 Å². The Hall–Kier alpha value is -5.94. The van der Waals surface area contributed by atoms with Gasteiger partial charge in [0, 0.05) is 22.7 Å². The van der Waals surface area contributed by atoms with E-state index in [1.54, 1.807) is 0 Å². The fourth-order valence-electron chi connectivity index (χ4n) is 7.22. The Bertz CT molecular complexity index is 2000. The third-order valence-corrected chi connectivity index (χ3v) is 9.43. The van der Waals surface area contributed by atoms with Gasteiger partial charge in [0.1, 0.15) is 0 Å². The smallest absolute Gasteiger partial charge is 0.250 e. The number of hydrogen-bond donors (Lipinski definition) is 0. The van der Waals surface area contributed by atoms with Gasteiger partial charge in [0.2, 0.25) is 11.8 Å². The van der Waals surface area contributed by atoms with Gasteiger partial charge in [0.05, 0.1) is 22.5 Å². The minimum atomic E-state index is 0.487. The Balaban J connectivity index is 1.18. The molecule has 0 spiro atoms. The summed E-state index contributed by atoms with van der Waals surface area (Å²) in [6, 6.07) is 51.4. The van der Waals surface area contributed by atoms with Crippen LogP contribution < -0.4 is 9.80 Å². The van der Waals surface area contributed by atoms with Gasteiger partial charge >= 0.3 is 0 Å². The minimum Gasteiger partial charge on any atom is -0.416 e. The lowest BCUT2D eigenvalue weighted by Crippen LogP contribution is -2.12. The fourth-order valence-corrected chi connectivity index (χ4v) is 7.22. The van der Waals surface area contributed by atoms with Gasteiger partial charge in [-0.15, -0.1) is 10.2 Å². The fraction of sp³-hybridized carbons (Fsp3) is 0.0952. The molecule has 0 aliphatic carbocycles. The second-order valence-electron chi connectivity index (χ2n) is 12.1. The lowest BCUT2D eigenvalue weighted by Gasteiger charge is -2.28. The quantitative estimate of drug-likeness (QED) is 0.199. The highest BCUT2D eigenvalue weighted by molar-refractivity contribution is 5.90. The Morgan fingerprint density at radius 1 is 0.340 bits per heavy atom. The molecule has 5 nitrogen and oxygen atoms in total. The molecule has 6 aromatic carbocycles. The van der Waals surface area contributed by atoms with Crippen LogP contribution in [0.1, 0.15) is 22.3 Å². The molecule has 0 N–H and O–H groups in total. The van der Waals surface area contributed by atoms with Crippen molar-refractivity contribution in [2.24, 2.45) is 0 Å². The van der Waals surface area contributed by atoms with Gasteiger partial charge in [-0.25, -0.2) is 0 Å². The van der Waals surface area contributed by atoms with Crippen molar-refractivity contribution in [3.8, 4) is 22.9 Å². The SMILES string of the molecule is c1ccc2c(c1)CCc1ccccc1N2c1ccccc1-c1nnc(-c2ccccc2N2c3ccccc3CCc3ccccc32)o1. The molecule has 9 rings (SSSR count). The number of para-hydroxylation sites is 6. The predicted molar refractivity (Wildman–Crippen MR) is 189 cm³/mol. The van der Waals surface area contributed by atoms with E-state index < -0.39 is 0 Å². The molecule has 0 saturated heterocycles. The molecule has 0 radical (unpaired) electrons. The summed E-state index contributed by atoms with van der Waals surface area (Å²) in [5.41, 5.74) is 13.8. The first kappa shape index (κ1) is 27.4. The standard InChI is InChI=1S/C42H32N4O/c1-7-19-35-29(13-1)25-26-30-14-2-8-20-36(30)45(35)39-23-11-5-17-33(39)41-43-44-42(47-41)34-18-6-12-24-40(34)46-37-21-9-3-15-31(37)27-28-32-16-4-10-22-38(32)46/h1-24H,25-28H2. The second kappa shape index (κ2) is 11.5. The van der Waals surface area contributed by atoms with Crippen LogP contribution in [-0.2, 0) is 25.7 Å². The van der Waals surface area contributed by atoms with Crippen LogP contribution in [0.3, 0.4) is 0 Å². The van der Waals surface area contributed by atoms with E-state index in [4.69, 9.17) is 4.42 Å². The van der Waals surface area contributed by atoms with Crippen LogP contribution in [0, 0.1) is 0 Å². The Kier molecular flexibility index (Phi) is 6.67. The lowest BCUT2D eigenvalue weighted by atomic mass is 10.0. The summed E-state index contributed by atoms with van der Waals surface area (Å²) in [4.78, 5) is 4.71. The topological polar surface area (TPSA) is 45.4 Å². The van der Waals surface area contributed by atoms with Crippen molar-refractivity contribution in [1.82, 2.24) is 10.2 Å². The largest absolute Gasteiger partial charge is 0.416 e. The van der Waals surface area contributed by atoms with Crippen molar-refractivity contribution < 1.29 is 4.42 Å². The zero-order valence-corrected chi connectivity index (χ0v) is 25.9. The van der Waals surface area contributed by atoms with E-state index >= 15 is 0 Å². The molecule has 0 fully saturated rings. The van der Waals surface area contributed by atoms with E-state index in [2.05, 4.69) is 153 Å². The number of nitrogens with zero attached hydrogens (tertiary/aromatic N) is 4. The molecular weight excluding hydrogens is 576 g/mol. The molecule has 0 unspecified atom stereocenters. The molecule has 7 aromatic rings. The van der Waals surface area contributed by atoms with Crippen molar-refractivity contribution >= 4 is 34.1 Å². The average Bonchev–Trinajstić information content (AvgIpc) is 3.48. The van der Waals surface area contributed by atoms with Crippen LogP contribution in [0.4, 0.5) is 34.1 Å². The third kappa shape index (κ3) is 4.70. The van der Waals surface area contributed by atoms with Crippen molar-refractivity contribution in [3.05, 3.63) is 168 Å². The molecule has 3 heterocycles. The Morgan fingerprint density at radius 2 is 0.617 bits per heavy atom. The number of aromatic nitrogens is 2. The number of benzene rings is 6. The number of hydrogen-bond acceptors (Lipinski definition) is 5. The van der Waals surface area contributed by atoms with Crippen molar-refractivity contribution in [2.75, 3.05) is 9.80 Å². The first-order valence-electron chi connectivity index (χ1n) is 16.3. The molecule has 226 valence electrons. The number of aryl methyl sites for hydroxylation is 4. The molecule has 0 bridgehead atoms. The Morgan fingerprint density at radius 3 is 0.957 bits per heavy atom. The highest BCUT2D eigenvalue weighted by Gasteiger charge is 2.28. The van der Waals surface area contributed by atoms with Crippen LogP contribution in [0.2, 0.25) is 0 Å². The van der Waals surface area contributed by atoms with Gasteiger partial charge in [-0.2, -0.15) is 0 Å². The summed E-state index contributed by atoms with van der Waals surface area (Å²) in [5, 5.41) is 9.37. The van der Waals surface area contributed by atoms with Crippen molar-refractivity contribution in [3.63, 3.8) is 0 Å². The lowest BCUT2D eigenvalue weighted by molar-refractivity contribution is 0.585. The van der Waals surface area contributed by atoms with E-state index in [0.29, 0.717) is 11.8 Å². The zero-order valence-electron chi connectivity index (χ0n) is 25.9. The molecule has 5 heteroatoms. The van der Waals surface area contributed by atoms with E-state index in [-0.39, 0.29) is 0 Å². The Labute approximate surface area is 274 Å².